The van der Waals surface area contributed by atoms with Gasteiger partial charge in [0.05, 0.1) is 23.3 Å². The third-order valence-corrected chi connectivity index (χ3v) is 5.51. The number of anilines is 1. The monoisotopic (exact) mass is 433 g/mol. The summed E-state index contributed by atoms with van der Waals surface area (Å²) in [6.45, 7) is 1.90. The van der Waals surface area contributed by atoms with Crippen LogP contribution >= 0.6 is 0 Å². The summed E-state index contributed by atoms with van der Waals surface area (Å²) in [6, 6.07) is 15.1. The first-order valence-electron chi connectivity index (χ1n) is 10.3. The molecule has 8 nitrogen and oxygen atoms in total. The number of carbonyl (C=O) groups is 1. The summed E-state index contributed by atoms with van der Waals surface area (Å²) in [5, 5.41) is 16.3. The summed E-state index contributed by atoms with van der Waals surface area (Å²) in [4.78, 5) is 17.4. The average Bonchev–Trinajstić information content (AvgIpc) is 3.19. The summed E-state index contributed by atoms with van der Waals surface area (Å²) >= 11 is 0. The number of benzene rings is 2. The maximum Gasteiger partial charge on any atom is 0.259 e. The van der Waals surface area contributed by atoms with Crippen LogP contribution in [0.15, 0.2) is 67.1 Å². The normalized spacial score (nSPS) is 11.9. The molecular weight excluding hydrogens is 414 g/mol. The van der Waals surface area contributed by atoms with Gasteiger partial charge in [-0.3, -0.25) is 4.79 Å². The number of nitrogens with zero attached hydrogens (tertiary/aromatic N) is 5. The van der Waals surface area contributed by atoms with Gasteiger partial charge in [-0.05, 0) is 41.8 Å². The lowest BCUT2D eigenvalue weighted by Crippen LogP contribution is -2.27. The first kappa shape index (κ1) is 20.2. The number of carbonyl (C=O) groups excluding carboxylic acids is 1. The molecule has 0 aliphatic heterocycles. The number of hydrogen-bond acceptors (Lipinski definition) is 6. The molecule has 33 heavy (non-hydrogen) atoms. The van der Waals surface area contributed by atoms with Crippen molar-refractivity contribution >= 4 is 28.3 Å². The molecule has 8 heteroatoms. The molecule has 0 saturated carbocycles. The summed E-state index contributed by atoms with van der Waals surface area (Å²) in [7, 11) is 0. The molecular formula is C25H19N7O. The highest BCUT2D eigenvalue weighted by atomic mass is 16.1. The van der Waals surface area contributed by atoms with Gasteiger partial charge in [-0.1, -0.05) is 36.3 Å². The van der Waals surface area contributed by atoms with Gasteiger partial charge < -0.3 is 11.1 Å². The van der Waals surface area contributed by atoms with Crippen LogP contribution in [0.2, 0.25) is 0 Å². The number of amides is 1. The molecule has 0 unspecified atom stereocenters. The van der Waals surface area contributed by atoms with Crippen LogP contribution in [0.4, 0.5) is 5.82 Å². The fourth-order valence-corrected chi connectivity index (χ4v) is 3.93. The Labute approximate surface area is 189 Å². The van der Waals surface area contributed by atoms with Crippen LogP contribution in [0, 0.1) is 12.3 Å². The van der Waals surface area contributed by atoms with Crippen molar-refractivity contribution in [3.05, 3.63) is 83.8 Å². The number of rotatable bonds is 4. The molecule has 3 N–H and O–H groups in total. The van der Waals surface area contributed by atoms with Crippen LogP contribution in [-0.4, -0.2) is 30.7 Å². The predicted molar refractivity (Wildman–Crippen MR) is 126 cm³/mol. The van der Waals surface area contributed by atoms with E-state index in [1.807, 2.05) is 49.4 Å². The summed E-state index contributed by atoms with van der Waals surface area (Å²) in [5.41, 5.74) is 10.8. The van der Waals surface area contributed by atoms with E-state index in [9.17, 15) is 4.79 Å². The first-order valence-corrected chi connectivity index (χ1v) is 10.3. The zero-order valence-electron chi connectivity index (χ0n) is 17.7. The van der Waals surface area contributed by atoms with Gasteiger partial charge in [0.15, 0.2) is 11.5 Å². The van der Waals surface area contributed by atoms with E-state index in [2.05, 4.69) is 31.5 Å². The van der Waals surface area contributed by atoms with E-state index in [-0.39, 0.29) is 23.3 Å². The second kappa shape index (κ2) is 8.05. The molecule has 0 saturated heterocycles. The number of nitrogens with two attached hydrogens (primary N) is 1. The Morgan fingerprint density at radius 3 is 2.82 bits per heavy atom. The molecule has 0 aliphatic carbocycles. The van der Waals surface area contributed by atoms with Crippen molar-refractivity contribution < 1.29 is 4.79 Å². The Hall–Kier alpha value is -4.77. The minimum atomic E-state index is -0.383. The second-order valence-corrected chi connectivity index (χ2v) is 7.57. The van der Waals surface area contributed by atoms with Crippen LogP contribution in [0.3, 0.4) is 0 Å². The predicted octanol–water partition coefficient (Wildman–Crippen LogP) is 3.39. The second-order valence-electron chi connectivity index (χ2n) is 7.57. The van der Waals surface area contributed by atoms with Gasteiger partial charge in [0, 0.05) is 17.8 Å². The van der Waals surface area contributed by atoms with Crippen LogP contribution in [-0.2, 0) is 0 Å². The molecule has 0 radical (unpaired) electrons. The Morgan fingerprint density at radius 2 is 2.03 bits per heavy atom. The van der Waals surface area contributed by atoms with Crippen molar-refractivity contribution in [1.29, 1.82) is 0 Å². The van der Waals surface area contributed by atoms with E-state index in [0.29, 0.717) is 16.7 Å². The highest BCUT2D eigenvalue weighted by Gasteiger charge is 2.23. The number of nitrogen functional groups attached to an aromatic ring is 1. The molecule has 0 fully saturated rings. The first-order chi connectivity index (χ1) is 16.1. The highest BCUT2D eigenvalue weighted by Crippen LogP contribution is 2.33. The highest BCUT2D eigenvalue weighted by molar-refractivity contribution is 6.04. The Kier molecular flexibility index (Phi) is 4.92. The Bertz CT molecular complexity index is 1550. The smallest absolute Gasteiger partial charge is 0.259 e. The minimum Gasteiger partial charge on any atom is -0.381 e. The molecule has 0 aliphatic rings. The van der Waals surface area contributed by atoms with Gasteiger partial charge >= 0.3 is 0 Å². The van der Waals surface area contributed by atoms with Crippen LogP contribution in [0.1, 0.15) is 34.5 Å². The summed E-state index contributed by atoms with van der Waals surface area (Å²) in [5.74, 6) is 2.42. The van der Waals surface area contributed by atoms with Crippen molar-refractivity contribution in [2.24, 2.45) is 0 Å². The van der Waals surface area contributed by atoms with Gasteiger partial charge in [-0.2, -0.15) is 10.2 Å². The molecule has 1 amide bonds. The van der Waals surface area contributed by atoms with Crippen molar-refractivity contribution in [3.8, 4) is 23.5 Å². The van der Waals surface area contributed by atoms with Crippen LogP contribution < -0.4 is 11.1 Å². The third-order valence-electron chi connectivity index (χ3n) is 5.51. The molecule has 1 atom stereocenters. The molecule has 2 aromatic carbocycles. The minimum absolute atomic E-state index is 0.115. The van der Waals surface area contributed by atoms with Crippen molar-refractivity contribution in [1.82, 2.24) is 30.1 Å². The molecule has 3 aromatic heterocycles. The fraction of sp³-hybridized carbons (Fsp3) is 0.0800. The van der Waals surface area contributed by atoms with Crippen LogP contribution in [0.5, 0.6) is 0 Å². The van der Waals surface area contributed by atoms with Crippen molar-refractivity contribution in [2.75, 3.05) is 5.73 Å². The van der Waals surface area contributed by atoms with Crippen molar-refractivity contribution in [2.45, 2.75) is 13.0 Å². The Morgan fingerprint density at radius 1 is 1.21 bits per heavy atom. The topological polar surface area (TPSA) is 111 Å². The van der Waals surface area contributed by atoms with Gasteiger partial charge in [-0.25, -0.2) is 9.50 Å². The average molecular weight is 433 g/mol. The van der Waals surface area contributed by atoms with E-state index in [0.717, 1.165) is 22.1 Å². The largest absolute Gasteiger partial charge is 0.381 e. The number of aromatic nitrogens is 5. The van der Waals surface area contributed by atoms with Crippen molar-refractivity contribution in [3.63, 3.8) is 0 Å². The number of fused-ring (bicyclic) bond motifs is 2. The SMILES string of the molecule is C#Cc1cnnc2cc([C@@H](C)NC(=O)c3c(N)nn4cccnc34)c(-c3ccccc3)cc12. The number of terminal acetylenes is 1. The fourth-order valence-electron chi connectivity index (χ4n) is 3.93. The van der Waals surface area contributed by atoms with Gasteiger partial charge in [0.25, 0.3) is 5.91 Å². The lowest BCUT2D eigenvalue weighted by Gasteiger charge is -2.19. The molecule has 160 valence electrons. The molecule has 3 heterocycles. The van der Waals surface area contributed by atoms with E-state index >= 15 is 0 Å². The maximum atomic E-state index is 13.2. The van der Waals surface area contributed by atoms with E-state index in [1.54, 1.807) is 24.7 Å². The number of nitrogens with one attached hydrogen (secondary N) is 1. The maximum absolute atomic E-state index is 13.2. The summed E-state index contributed by atoms with van der Waals surface area (Å²) < 4.78 is 1.48. The zero-order chi connectivity index (χ0) is 22.9. The zero-order valence-corrected chi connectivity index (χ0v) is 17.7. The quantitative estimate of drug-likeness (QED) is 0.420. The van der Waals surface area contributed by atoms with E-state index in [4.69, 9.17) is 12.2 Å². The summed E-state index contributed by atoms with van der Waals surface area (Å²) in [6.07, 6.45) is 10.5. The molecule has 5 rings (SSSR count). The molecule has 0 spiro atoms. The lowest BCUT2D eigenvalue weighted by atomic mass is 9.92. The standard InChI is InChI=1S/C25H19N7O/c1-3-16-14-28-30-21-13-18(19(12-20(16)21)17-8-5-4-6-9-17)15(2)29-25(33)22-23(26)31-32-11-7-10-27-24(22)32/h1,4-15H,2H3,(H2,26,31)(H,29,33)/t15-/m1/s1. The lowest BCUT2D eigenvalue weighted by molar-refractivity contribution is 0.0942. The molecule has 5 aromatic rings. The van der Waals surface area contributed by atoms with Gasteiger partial charge in [0.2, 0.25) is 0 Å². The van der Waals surface area contributed by atoms with Crippen LogP contribution in [0.25, 0.3) is 27.7 Å². The third kappa shape index (κ3) is 3.51. The number of hydrogen-bond donors (Lipinski definition) is 2. The van der Waals surface area contributed by atoms with Gasteiger partial charge in [-0.15, -0.1) is 11.5 Å². The van der Waals surface area contributed by atoms with E-state index in [1.165, 1.54) is 4.52 Å². The Balaban J connectivity index is 1.60. The van der Waals surface area contributed by atoms with E-state index < -0.39 is 0 Å². The molecule has 0 bridgehead atoms. The van der Waals surface area contributed by atoms with Gasteiger partial charge in [0.1, 0.15) is 5.56 Å².